The predicted molar refractivity (Wildman–Crippen MR) is 89.2 cm³/mol. The highest BCUT2D eigenvalue weighted by Crippen LogP contribution is 2.19. The minimum absolute atomic E-state index is 0.661. The number of piperidine rings is 1. The van der Waals surface area contributed by atoms with Crippen LogP contribution in [0.15, 0.2) is 0 Å². The van der Waals surface area contributed by atoms with Crippen LogP contribution in [0.3, 0.4) is 0 Å². The molecular formula is C17H37N3. The number of rotatable bonds is 8. The molecule has 1 heterocycles. The van der Waals surface area contributed by atoms with E-state index in [0.717, 1.165) is 24.9 Å². The Morgan fingerprint density at radius 3 is 2.20 bits per heavy atom. The van der Waals surface area contributed by atoms with Gasteiger partial charge in [-0.25, -0.2) is 0 Å². The number of nitrogens with one attached hydrogen (secondary N) is 1. The summed E-state index contributed by atoms with van der Waals surface area (Å²) in [6.45, 7) is 15.3. The van der Waals surface area contributed by atoms with E-state index in [9.17, 15) is 0 Å². The molecule has 1 aliphatic rings. The van der Waals surface area contributed by atoms with E-state index in [1.807, 2.05) is 0 Å². The molecule has 0 spiro atoms. The van der Waals surface area contributed by atoms with E-state index in [1.165, 1.54) is 32.5 Å². The maximum Gasteiger partial charge on any atom is 0.0240 e. The normalized spacial score (nSPS) is 20.2. The lowest BCUT2D eigenvalue weighted by Crippen LogP contribution is -2.47. The van der Waals surface area contributed by atoms with Crippen LogP contribution in [0.1, 0.15) is 40.5 Å². The molecule has 0 amide bonds. The first-order valence-corrected chi connectivity index (χ1v) is 8.49. The van der Waals surface area contributed by atoms with E-state index in [0.29, 0.717) is 12.0 Å². The third-order valence-corrected chi connectivity index (χ3v) is 4.63. The number of hydrogen-bond acceptors (Lipinski definition) is 3. The average molecular weight is 284 g/mol. The summed E-state index contributed by atoms with van der Waals surface area (Å²) in [4.78, 5) is 5.06. The van der Waals surface area contributed by atoms with Gasteiger partial charge in [0, 0.05) is 19.1 Å². The molecule has 1 unspecified atom stereocenters. The molecule has 1 saturated heterocycles. The van der Waals surface area contributed by atoms with Crippen LogP contribution < -0.4 is 5.32 Å². The van der Waals surface area contributed by atoms with Gasteiger partial charge in [-0.05, 0) is 64.3 Å². The van der Waals surface area contributed by atoms with Crippen molar-refractivity contribution in [2.45, 2.75) is 46.6 Å². The highest BCUT2D eigenvalue weighted by molar-refractivity contribution is 4.79. The first kappa shape index (κ1) is 17.9. The maximum atomic E-state index is 3.64. The van der Waals surface area contributed by atoms with E-state index in [1.54, 1.807) is 0 Å². The molecule has 0 aliphatic carbocycles. The molecule has 0 aromatic heterocycles. The zero-order valence-corrected chi connectivity index (χ0v) is 14.7. The Balaban J connectivity index is 2.37. The summed E-state index contributed by atoms with van der Waals surface area (Å²) in [5.74, 6) is 2.34. The summed E-state index contributed by atoms with van der Waals surface area (Å²) >= 11 is 0. The van der Waals surface area contributed by atoms with Gasteiger partial charge in [0.25, 0.3) is 0 Å². The highest BCUT2D eigenvalue weighted by atomic mass is 15.2. The quantitative estimate of drug-likeness (QED) is 0.738. The van der Waals surface area contributed by atoms with Crippen LogP contribution in [-0.4, -0.2) is 62.7 Å². The van der Waals surface area contributed by atoms with Gasteiger partial charge in [0.2, 0.25) is 0 Å². The first-order chi connectivity index (χ1) is 9.40. The van der Waals surface area contributed by atoms with Crippen LogP contribution in [0.25, 0.3) is 0 Å². The fourth-order valence-corrected chi connectivity index (χ4v) is 3.21. The fraction of sp³-hybridized carbons (Fsp3) is 1.00. The molecule has 0 aromatic rings. The number of nitrogens with zero attached hydrogens (tertiary/aromatic N) is 2. The number of likely N-dealkylation sites (N-methyl/N-ethyl adjacent to an activating group) is 1. The third-order valence-electron chi connectivity index (χ3n) is 4.63. The van der Waals surface area contributed by atoms with E-state index in [2.05, 4.69) is 56.9 Å². The average Bonchev–Trinajstić information content (AvgIpc) is 2.36. The van der Waals surface area contributed by atoms with Gasteiger partial charge in [-0.1, -0.05) is 27.7 Å². The second-order valence-electron chi connectivity index (χ2n) is 7.55. The minimum Gasteiger partial charge on any atom is -0.315 e. The Kier molecular flexibility index (Phi) is 8.08. The molecule has 3 heteroatoms. The van der Waals surface area contributed by atoms with Crippen molar-refractivity contribution in [3.8, 4) is 0 Å². The standard InChI is InChI=1S/C17H37N3/c1-14(2)11-18-12-17(15(3)4)20(6)13-16-7-9-19(5)10-8-16/h14-18H,7-13H2,1-6H3. The second-order valence-corrected chi connectivity index (χ2v) is 7.55. The fourth-order valence-electron chi connectivity index (χ4n) is 3.21. The largest absolute Gasteiger partial charge is 0.315 e. The van der Waals surface area contributed by atoms with Crippen LogP contribution in [0.4, 0.5) is 0 Å². The van der Waals surface area contributed by atoms with Gasteiger partial charge < -0.3 is 15.1 Å². The molecule has 0 bridgehead atoms. The molecule has 20 heavy (non-hydrogen) atoms. The van der Waals surface area contributed by atoms with Crippen molar-refractivity contribution in [1.82, 2.24) is 15.1 Å². The Bertz CT molecular complexity index is 245. The van der Waals surface area contributed by atoms with Crippen molar-refractivity contribution in [3.05, 3.63) is 0 Å². The van der Waals surface area contributed by atoms with Gasteiger partial charge >= 0.3 is 0 Å². The Labute approximate surface area is 127 Å². The highest BCUT2D eigenvalue weighted by Gasteiger charge is 2.23. The molecule has 3 nitrogen and oxygen atoms in total. The van der Waals surface area contributed by atoms with Crippen molar-refractivity contribution >= 4 is 0 Å². The van der Waals surface area contributed by atoms with Crippen molar-refractivity contribution in [2.75, 3.05) is 46.8 Å². The van der Waals surface area contributed by atoms with Gasteiger partial charge in [-0.15, -0.1) is 0 Å². The second kappa shape index (κ2) is 9.01. The summed E-state index contributed by atoms with van der Waals surface area (Å²) in [7, 11) is 4.56. The third kappa shape index (κ3) is 6.55. The van der Waals surface area contributed by atoms with E-state index >= 15 is 0 Å². The van der Waals surface area contributed by atoms with Crippen LogP contribution in [0.2, 0.25) is 0 Å². The van der Waals surface area contributed by atoms with Crippen molar-refractivity contribution < 1.29 is 0 Å². The SMILES string of the molecule is CC(C)CNCC(C(C)C)N(C)CC1CCN(C)CC1. The van der Waals surface area contributed by atoms with Crippen molar-refractivity contribution in [2.24, 2.45) is 17.8 Å². The Morgan fingerprint density at radius 2 is 1.70 bits per heavy atom. The molecule has 120 valence electrons. The van der Waals surface area contributed by atoms with Crippen LogP contribution >= 0.6 is 0 Å². The predicted octanol–water partition coefficient (Wildman–Crippen LogP) is 2.53. The summed E-state index contributed by atoms with van der Waals surface area (Å²) < 4.78 is 0. The molecule has 0 radical (unpaired) electrons. The number of hydrogen-bond donors (Lipinski definition) is 1. The van der Waals surface area contributed by atoms with E-state index < -0.39 is 0 Å². The zero-order valence-electron chi connectivity index (χ0n) is 14.7. The molecule has 1 N–H and O–H groups in total. The van der Waals surface area contributed by atoms with Gasteiger partial charge in [-0.3, -0.25) is 0 Å². The molecule has 1 fully saturated rings. The smallest absolute Gasteiger partial charge is 0.0240 e. The molecule has 1 atom stereocenters. The monoisotopic (exact) mass is 283 g/mol. The first-order valence-electron chi connectivity index (χ1n) is 8.49. The van der Waals surface area contributed by atoms with Crippen molar-refractivity contribution in [1.29, 1.82) is 0 Å². The molecule has 0 aromatic carbocycles. The van der Waals surface area contributed by atoms with E-state index in [-0.39, 0.29) is 0 Å². The van der Waals surface area contributed by atoms with Crippen LogP contribution in [0, 0.1) is 17.8 Å². The molecule has 0 saturated carbocycles. The molecular weight excluding hydrogens is 246 g/mol. The zero-order chi connectivity index (χ0) is 15.1. The van der Waals surface area contributed by atoms with E-state index in [4.69, 9.17) is 0 Å². The van der Waals surface area contributed by atoms with Crippen LogP contribution in [-0.2, 0) is 0 Å². The lowest BCUT2D eigenvalue weighted by atomic mass is 9.94. The topological polar surface area (TPSA) is 18.5 Å². The number of likely N-dealkylation sites (tertiary alicyclic amines) is 1. The Hall–Kier alpha value is -0.120. The Morgan fingerprint density at radius 1 is 1.10 bits per heavy atom. The van der Waals surface area contributed by atoms with Gasteiger partial charge in [0.05, 0.1) is 0 Å². The summed E-state index contributed by atoms with van der Waals surface area (Å²) in [6, 6.07) is 0.661. The van der Waals surface area contributed by atoms with Gasteiger partial charge in [0.15, 0.2) is 0 Å². The lowest BCUT2D eigenvalue weighted by molar-refractivity contribution is 0.127. The maximum absolute atomic E-state index is 3.64. The summed E-state index contributed by atoms with van der Waals surface area (Å²) in [6.07, 6.45) is 2.73. The summed E-state index contributed by atoms with van der Waals surface area (Å²) in [5.41, 5.74) is 0. The van der Waals surface area contributed by atoms with Gasteiger partial charge in [-0.2, -0.15) is 0 Å². The molecule has 1 rings (SSSR count). The van der Waals surface area contributed by atoms with Crippen LogP contribution in [0.5, 0.6) is 0 Å². The summed E-state index contributed by atoms with van der Waals surface area (Å²) in [5, 5.41) is 3.64. The lowest BCUT2D eigenvalue weighted by Gasteiger charge is -2.37. The van der Waals surface area contributed by atoms with Gasteiger partial charge in [0.1, 0.15) is 0 Å². The minimum atomic E-state index is 0.661. The van der Waals surface area contributed by atoms with Crippen molar-refractivity contribution in [3.63, 3.8) is 0 Å². The molecule has 1 aliphatic heterocycles.